The molecule has 2 saturated heterocycles. The van der Waals surface area contributed by atoms with Gasteiger partial charge in [-0.15, -0.1) is 0 Å². The molecular weight excluding hydrogens is 332 g/mol. The molecule has 26 heavy (non-hydrogen) atoms. The molecule has 2 aromatic heterocycles. The molecule has 7 heteroatoms. The highest BCUT2D eigenvalue weighted by atomic mass is 16.5. The van der Waals surface area contributed by atoms with Crippen molar-refractivity contribution in [2.75, 3.05) is 26.2 Å². The number of aromatic nitrogens is 2. The zero-order chi connectivity index (χ0) is 18.1. The number of rotatable bonds is 6. The number of likely N-dealkylation sites (tertiary alicyclic amines) is 1. The van der Waals surface area contributed by atoms with Gasteiger partial charge in [0, 0.05) is 52.1 Å². The van der Waals surface area contributed by atoms with Gasteiger partial charge in [-0.25, -0.2) is 0 Å². The van der Waals surface area contributed by atoms with Crippen molar-refractivity contribution in [3.05, 3.63) is 41.5 Å². The quantitative estimate of drug-likeness (QED) is 0.851. The highest BCUT2D eigenvalue weighted by Gasteiger charge is 2.52. The number of hydrogen-bond donors (Lipinski definition) is 1. The minimum atomic E-state index is -0.0471. The van der Waals surface area contributed by atoms with Gasteiger partial charge in [-0.2, -0.15) is 0 Å². The summed E-state index contributed by atoms with van der Waals surface area (Å²) >= 11 is 0. The van der Waals surface area contributed by atoms with E-state index in [1.165, 1.54) is 0 Å². The Balaban J connectivity index is 1.25. The molecule has 4 heterocycles. The fourth-order valence-electron chi connectivity index (χ4n) is 4.23. The zero-order valence-corrected chi connectivity index (χ0v) is 15.4. The average molecular weight is 358 g/mol. The Morgan fingerprint density at radius 3 is 3.00 bits per heavy atom. The molecule has 0 aromatic carbocycles. The van der Waals surface area contributed by atoms with Crippen molar-refractivity contribution < 1.29 is 14.1 Å². The van der Waals surface area contributed by atoms with Gasteiger partial charge in [0.15, 0.2) is 0 Å². The smallest absolute Gasteiger partial charge is 0.267 e. The monoisotopic (exact) mass is 358 g/mol. The van der Waals surface area contributed by atoms with Crippen LogP contribution in [0.4, 0.5) is 0 Å². The van der Waals surface area contributed by atoms with Crippen molar-refractivity contribution in [3.8, 4) is 0 Å². The van der Waals surface area contributed by atoms with Crippen LogP contribution in [0.5, 0.6) is 0 Å². The Bertz CT molecular complexity index is 775. The number of aryl methyl sites for hydroxylation is 2. The van der Waals surface area contributed by atoms with Crippen LogP contribution in [0.1, 0.15) is 34.8 Å². The van der Waals surface area contributed by atoms with E-state index in [2.05, 4.69) is 15.4 Å². The SMILES string of the molecule is Cc1cc(CN2CC3(C2)OCC[C@H]3CCNC(=O)c2cccn2C)no1. The average Bonchev–Trinajstić information content (AvgIpc) is 3.28. The summed E-state index contributed by atoms with van der Waals surface area (Å²) < 4.78 is 13.1. The molecule has 0 radical (unpaired) electrons. The second kappa shape index (κ2) is 6.89. The zero-order valence-electron chi connectivity index (χ0n) is 15.4. The number of nitrogens with zero attached hydrogens (tertiary/aromatic N) is 3. The van der Waals surface area contributed by atoms with Crippen LogP contribution in [0.15, 0.2) is 28.9 Å². The maximum absolute atomic E-state index is 12.2. The van der Waals surface area contributed by atoms with Crippen LogP contribution < -0.4 is 5.32 Å². The number of hydrogen-bond acceptors (Lipinski definition) is 5. The fraction of sp³-hybridized carbons (Fsp3) is 0.579. The highest BCUT2D eigenvalue weighted by molar-refractivity contribution is 5.92. The first kappa shape index (κ1) is 17.3. The lowest BCUT2D eigenvalue weighted by Gasteiger charge is -2.50. The van der Waals surface area contributed by atoms with E-state index >= 15 is 0 Å². The number of carbonyl (C=O) groups excluding carboxylic acids is 1. The highest BCUT2D eigenvalue weighted by Crippen LogP contribution is 2.41. The number of ether oxygens (including phenoxy) is 1. The molecular formula is C19H26N4O3. The standard InChI is InChI=1S/C19H26N4O3/c1-14-10-16(21-26-14)11-23-12-19(13-23)15(6-9-25-19)5-7-20-18(24)17-4-3-8-22(17)2/h3-4,8,10,15H,5-7,9,11-13H2,1-2H3,(H,20,24)/t15-/m1/s1. The summed E-state index contributed by atoms with van der Waals surface area (Å²) in [5.41, 5.74) is 1.62. The normalized spacial score (nSPS) is 21.8. The molecule has 2 aromatic rings. The van der Waals surface area contributed by atoms with Crippen molar-refractivity contribution in [2.45, 2.75) is 31.9 Å². The summed E-state index contributed by atoms with van der Waals surface area (Å²) in [5, 5.41) is 7.11. The van der Waals surface area contributed by atoms with E-state index in [4.69, 9.17) is 9.26 Å². The molecule has 1 atom stereocenters. The van der Waals surface area contributed by atoms with E-state index in [0.29, 0.717) is 18.2 Å². The maximum Gasteiger partial charge on any atom is 0.267 e. The Morgan fingerprint density at radius 1 is 1.46 bits per heavy atom. The van der Waals surface area contributed by atoms with Gasteiger partial charge in [0.2, 0.25) is 0 Å². The van der Waals surface area contributed by atoms with Gasteiger partial charge in [-0.05, 0) is 37.8 Å². The molecule has 2 aliphatic rings. The summed E-state index contributed by atoms with van der Waals surface area (Å²) in [6.45, 7) is 6.06. The fourth-order valence-corrected chi connectivity index (χ4v) is 4.23. The van der Waals surface area contributed by atoms with E-state index in [1.54, 1.807) is 0 Å². The van der Waals surface area contributed by atoms with Gasteiger partial charge in [-0.3, -0.25) is 9.69 Å². The van der Waals surface area contributed by atoms with Gasteiger partial charge in [0.05, 0.1) is 11.3 Å². The summed E-state index contributed by atoms with van der Waals surface area (Å²) in [6, 6.07) is 5.70. The first-order valence-corrected chi connectivity index (χ1v) is 9.24. The molecule has 1 spiro atoms. The minimum absolute atomic E-state index is 0.0119. The van der Waals surface area contributed by atoms with Crippen molar-refractivity contribution >= 4 is 5.91 Å². The predicted molar refractivity (Wildman–Crippen MR) is 95.7 cm³/mol. The lowest BCUT2D eigenvalue weighted by atomic mass is 9.79. The Hall–Kier alpha value is -2.12. The summed E-state index contributed by atoms with van der Waals surface area (Å²) in [7, 11) is 1.88. The van der Waals surface area contributed by atoms with Gasteiger partial charge in [-0.1, -0.05) is 5.16 Å². The van der Waals surface area contributed by atoms with Crippen LogP contribution in [0.2, 0.25) is 0 Å². The van der Waals surface area contributed by atoms with Crippen LogP contribution in [-0.2, 0) is 18.3 Å². The second-order valence-electron chi connectivity index (χ2n) is 7.52. The van der Waals surface area contributed by atoms with Crippen molar-refractivity contribution in [1.29, 1.82) is 0 Å². The first-order valence-electron chi connectivity index (χ1n) is 9.24. The second-order valence-corrected chi connectivity index (χ2v) is 7.52. The van der Waals surface area contributed by atoms with Crippen molar-refractivity contribution in [3.63, 3.8) is 0 Å². The number of carbonyl (C=O) groups is 1. The minimum Gasteiger partial charge on any atom is -0.372 e. The van der Waals surface area contributed by atoms with Crippen molar-refractivity contribution in [1.82, 2.24) is 19.9 Å². The molecule has 7 nitrogen and oxygen atoms in total. The molecule has 0 aliphatic carbocycles. The maximum atomic E-state index is 12.2. The Morgan fingerprint density at radius 2 is 2.31 bits per heavy atom. The molecule has 0 bridgehead atoms. The third kappa shape index (κ3) is 3.29. The molecule has 0 saturated carbocycles. The van der Waals surface area contributed by atoms with E-state index in [9.17, 15) is 4.79 Å². The number of amides is 1. The Labute approximate surface area is 153 Å². The molecule has 2 aliphatic heterocycles. The molecule has 2 fully saturated rings. The van der Waals surface area contributed by atoms with Crippen LogP contribution >= 0.6 is 0 Å². The first-order chi connectivity index (χ1) is 12.6. The van der Waals surface area contributed by atoms with E-state index in [0.717, 1.165) is 50.5 Å². The van der Waals surface area contributed by atoms with Crippen LogP contribution in [0.3, 0.4) is 0 Å². The van der Waals surface area contributed by atoms with Gasteiger partial charge in [0.1, 0.15) is 11.5 Å². The van der Waals surface area contributed by atoms with Crippen molar-refractivity contribution in [2.24, 2.45) is 13.0 Å². The van der Waals surface area contributed by atoms with Gasteiger partial charge in [0.25, 0.3) is 5.91 Å². The molecule has 1 amide bonds. The third-order valence-corrected chi connectivity index (χ3v) is 5.60. The van der Waals surface area contributed by atoms with Crippen LogP contribution in [-0.4, -0.2) is 52.4 Å². The predicted octanol–water partition coefficient (Wildman–Crippen LogP) is 1.73. The van der Waals surface area contributed by atoms with Crippen LogP contribution in [0, 0.1) is 12.8 Å². The van der Waals surface area contributed by atoms with Gasteiger partial charge >= 0.3 is 0 Å². The molecule has 1 N–H and O–H groups in total. The lowest BCUT2D eigenvalue weighted by Crippen LogP contribution is -2.64. The molecule has 140 valence electrons. The third-order valence-electron chi connectivity index (χ3n) is 5.60. The Kier molecular flexibility index (Phi) is 4.58. The largest absolute Gasteiger partial charge is 0.372 e. The molecule has 4 rings (SSSR count). The van der Waals surface area contributed by atoms with E-state index < -0.39 is 0 Å². The molecule has 0 unspecified atom stereocenters. The van der Waals surface area contributed by atoms with E-state index in [-0.39, 0.29) is 11.5 Å². The van der Waals surface area contributed by atoms with Crippen LogP contribution in [0.25, 0.3) is 0 Å². The summed E-state index contributed by atoms with van der Waals surface area (Å²) in [5.74, 6) is 1.33. The number of nitrogens with one attached hydrogen (secondary N) is 1. The van der Waals surface area contributed by atoms with Gasteiger partial charge < -0.3 is 19.1 Å². The topological polar surface area (TPSA) is 72.5 Å². The van der Waals surface area contributed by atoms with E-state index in [1.807, 2.05) is 42.9 Å². The summed E-state index contributed by atoms with van der Waals surface area (Å²) in [6.07, 6.45) is 3.90. The summed E-state index contributed by atoms with van der Waals surface area (Å²) in [4.78, 5) is 14.6. The lowest BCUT2D eigenvalue weighted by molar-refractivity contribution is -0.137.